The van der Waals surface area contributed by atoms with Gasteiger partial charge in [0.25, 0.3) is 0 Å². The van der Waals surface area contributed by atoms with Gasteiger partial charge in [0.2, 0.25) is 0 Å². The van der Waals surface area contributed by atoms with Crippen molar-refractivity contribution < 1.29 is 9.90 Å². The smallest absolute Gasteiger partial charge is 0.313 e. The minimum absolute atomic E-state index is 0.0327. The van der Waals surface area contributed by atoms with Gasteiger partial charge in [-0.1, -0.05) is 24.6 Å². The number of hydrogen-bond donors (Lipinski definition) is 1. The molecule has 0 radical (unpaired) electrons. The van der Waals surface area contributed by atoms with Crippen molar-refractivity contribution in [2.75, 3.05) is 5.75 Å². The molecule has 21 heavy (non-hydrogen) atoms. The van der Waals surface area contributed by atoms with Gasteiger partial charge in [0.1, 0.15) is 5.52 Å². The van der Waals surface area contributed by atoms with Gasteiger partial charge in [-0.15, -0.1) is 0 Å². The molecule has 0 aromatic carbocycles. The second-order valence-corrected chi connectivity index (χ2v) is 6.61. The Morgan fingerprint density at radius 2 is 2.33 bits per heavy atom. The number of hydrogen-bond acceptors (Lipinski definition) is 4. The molecule has 0 atom stereocenters. The van der Waals surface area contributed by atoms with Crippen LogP contribution in [0, 0.1) is 12.8 Å². The maximum Gasteiger partial charge on any atom is 0.313 e. The first-order chi connectivity index (χ1) is 10.1. The summed E-state index contributed by atoms with van der Waals surface area (Å²) in [4.78, 5) is 19.8. The molecule has 1 N–H and O–H groups in total. The van der Waals surface area contributed by atoms with Crippen molar-refractivity contribution in [1.29, 1.82) is 0 Å². The Balaban J connectivity index is 1.83. The second kappa shape index (κ2) is 6.05. The van der Waals surface area contributed by atoms with Gasteiger partial charge in [-0.2, -0.15) is 0 Å². The Morgan fingerprint density at radius 3 is 3.05 bits per heavy atom. The molecule has 6 heteroatoms. The Labute approximate surface area is 127 Å². The summed E-state index contributed by atoms with van der Waals surface area (Å²) in [6, 6.07) is 2.00. The summed E-state index contributed by atoms with van der Waals surface area (Å²) < 4.78 is 2.07. The highest BCUT2D eigenvalue weighted by Crippen LogP contribution is 2.34. The van der Waals surface area contributed by atoms with Gasteiger partial charge >= 0.3 is 5.97 Å². The molecule has 1 aliphatic rings. The fourth-order valence-electron chi connectivity index (χ4n) is 2.47. The molecule has 2 heterocycles. The summed E-state index contributed by atoms with van der Waals surface area (Å²) in [6.45, 7) is 2.85. The second-order valence-electron chi connectivity index (χ2n) is 5.67. The average Bonchev–Trinajstić information content (AvgIpc) is 3.19. The Kier molecular flexibility index (Phi) is 4.14. The number of imidazole rings is 1. The van der Waals surface area contributed by atoms with Crippen LogP contribution in [0.25, 0.3) is 11.2 Å². The van der Waals surface area contributed by atoms with E-state index < -0.39 is 5.97 Å². The van der Waals surface area contributed by atoms with Crippen molar-refractivity contribution in [3.05, 3.63) is 17.8 Å². The van der Waals surface area contributed by atoms with E-state index in [0.717, 1.165) is 40.8 Å². The maximum atomic E-state index is 10.8. The third-order valence-electron chi connectivity index (χ3n) is 3.70. The van der Waals surface area contributed by atoms with E-state index in [2.05, 4.69) is 14.5 Å². The van der Waals surface area contributed by atoms with Crippen LogP contribution in [0.5, 0.6) is 0 Å². The lowest BCUT2D eigenvalue weighted by molar-refractivity contribution is -0.133. The molecule has 1 fully saturated rings. The predicted octanol–water partition coefficient (Wildman–Crippen LogP) is 3.11. The van der Waals surface area contributed by atoms with Crippen LogP contribution in [0.3, 0.4) is 0 Å². The summed E-state index contributed by atoms with van der Waals surface area (Å²) in [6.07, 6.45) is 6.92. The highest BCUT2D eigenvalue weighted by molar-refractivity contribution is 7.99. The number of rotatable bonds is 7. The highest BCUT2D eigenvalue weighted by Gasteiger charge is 2.21. The van der Waals surface area contributed by atoms with E-state index >= 15 is 0 Å². The third kappa shape index (κ3) is 3.56. The van der Waals surface area contributed by atoms with E-state index in [-0.39, 0.29) is 5.75 Å². The molecule has 1 saturated carbocycles. The quantitative estimate of drug-likeness (QED) is 0.796. The summed E-state index contributed by atoms with van der Waals surface area (Å²) in [5, 5.41) is 9.63. The van der Waals surface area contributed by atoms with Crippen molar-refractivity contribution in [3.63, 3.8) is 0 Å². The van der Waals surface area contributed by atoms with Gasteiger partial charge in [0, 0.05) is 12.7 Å². The minimum Gasteiger partial charge on any atom is -0.481 e. The summed E-state index contributed by atoms with van der Waals surface area (Å²) >= 11 is 1.27. The third-order valence-corrected chi connectivity index (χ3v) is 4.66. The van der Waals surface area contributed by atoms with Crippen LogP contribution in [0.4, 0.5) is 0 Å². The molecule has 3 rings (SSSR count). The van der Waals surface area contributed by atoms with Gasteiger partial charge in [0.05, 0.1) is 5.75 Å². The molecular formula is C15H19N3O2S. The number of aryl methyl sites for hydroxylation is 2. The lowest BCUT2D eigenvalue weighted by Crippen LogP contribution is -2.04. The van der Waals surface area contributed by atoms with Crippen LogP contribution in [0.1, 0.15) is 31.2 Å². The van der Waals surface area contributed by atoms with Gasteiger partial charge in [-0.3, -0.25) is 4.79 Å². The van der Waals surface area contributed by atoms with E-state index in [0.29, 0.717) is 0 Å². The average molecular weight is 305 g/mol. The van der Waals surface area contributed by atoms with Crippen molar-refractivity contribution in [3.8, 4) is 0 Å². The van der Waals surface area contributed by atoms with E-state index in [9.17, 15) is 4.79 Å². The normalized spacial score (nSPS) is 14.7. The van der Waals surface area contributed by atoms with Crippen molar-refractivity contribution in [2.45, 2.75) is 44.3 Å². The van der Waals surface area contributed by atoms with Crippen LogP contribution in [0.15, 0.2) is 17.4 Å². The standard InChI is InChI=1S/C15H19N3O2S/c1-10-7-12-14(16-8-10)18(6-2-3-11-4-5-11)15(17-12)21-9-13(19)20/h7-8,11H,2-6,9H2,1H3,(H,19,20). The fourth-order valence-corrected chi connectivity index (χ4v) is 3.22. The van der Waals surface area contributed by atoms with Crippen molar-refractivity contribution in [2.24, 2.45) is 5.92 Å². The van der Waals surface area contributed by atoms with E-state index in [1.807, 2.05) is 19.2 Å². The largest absolute Gasteiger partial charge is 0.481 e. The molecule has 0 bridgehead atoms. The first-order valence-electron chi connectivity index (χ1n) is 7.31. The summed E-state index contributed by atoms with van der Waals surface area (Å²) in [7, 11) is 0. The van der Waals surface area contributed by atoms with E-state index in [4.69, 9.17) is 5.11 Å². The van der Waals surface area contributed by atoms with Crippen LogP contribution in [-0.2, 0) is 11.3 Å². The molecule has 1 aliphatic carbocycles. The molecule has 0 spiro atoms. The number of pyridine rings is 1. The molecule has 0 aliphatic heterocycles. The maximum absolute atomic E-state index is 10.8. The molecule has 2 aromatic heterocycles. The molecule has 2 aromatic rings. The first kappa shape index (κ1) is 14.4. The van der Waals surface area contributed by atoms with Gasteiger partial charge in [0.15, 0.2) is 10.8 Å². The number of thioether (sulfide) groups is 1. The Bertz CT molecular complexity index is 664. The molecule has 0 unspecified atom stereocenters. The van der Waals surface area contributed by atoms with Gasteiger partial charge < -0.3 is 9.67 Å². The van der Waals surface area contributed by atoms with Gasteiger partial charge in [-0.25, -0.2) is 9.97 Å². The van der Waals surface area contributed by atoms with Crippen LogP contribution >= 0.6 is 11.8 Å². The van der Waals surface area contributed by atoms with Crippen LogP contribution < -0.4 is 0 Å². The molecule has 112 valence electrons. The fraction of sp³-hybridized carbons (Fsp3) is 0.533. The number of carboxylic acids is 1. The van der Waals surface area contributed by atoms with Crippen LogP contribution in [0.2, 0.25) is 0 Å². The lowest BCUT2D eigenvalue weighted by Gasteiger charge is -2.07. The summed E-state index contributed by atoms with van der Waals surface area (Å²) in [5.74, 6) is 0.121. The zero-order valence-corrected chi connectivity index (χ0v) is 12.9. The number of carboxylic acid groups (broad SMARTS) is 1. The molecule has 5 nitrogen and oxygen atoms in total. The minimum atomic E-state index is -0.819. The Hall–Kier alpha value is -1.56. The highest BCUT2D eigenvalue weighted by atomic mass is 32.2. The number of carbonyl (C=O) groups is 1. The molecular weight excluding hydrogens is 286 g/mol. The summed E-state index contributed by atoms with van der Waals surface area (Å²) in [5.41, 5.74) is 2.79. The zero-order valence-electron chi connectivity index (χ0n) is 12.1. The number of fused-ring (bicyclic) bond motifs is 1. The van der Waals surface area contributed by atoms with Crippen molar-refractivity contribution >= 4 is 28.9 Å². The Morgan fingerprint density at radius 1 is 1.52 bits per heavy atom. The predicted molar refractivity (Wildman–Crippen MR) is 82.6 cm³/mol. The number of aliphatic carboxylic acids is 1. The topological polar surface area (TPSA) is 68.0 Å². The zero-order chi connectivity index (χ0) is 14.8. The monoisotopic (exact) mass is 305 g/mol. The van der Waals surface area contributed by atoms with Crippen LogP contribution in [-0.4, -0.2) is 31.4 Å². The molecule has 0 amide bonds. The first-order valence-corrected chi connectivity index (χ1v) is 8.29. The van der Waals surface area contributed by atoms with Crippen molar-refractivity contribution in [1.82, 2.24) is 14.5 Å². The SMILES string of the molecule is Cc1cnc2c(c1)nc(SCC(=O)O)n2CCCC1CC1. The number of aromatic nitrogens is 3. The van der Waals surface area contributed by atoms with E-state index in [1.54, 1.807) is 0 Å². The number of nitrogens with zero attached hydrogens (tertiary/aromatic N) is 3. The van der Waals surface area contributed by atoms with E-state index in [1.165, 1.54) is 31.0 Å². The molecule has 0 saturated heterocycles. The van der Waals surface area contributed by atoms with Gasteiger partial charge in [-0.05, 0) is 37.3 Å². The lowest BCUT2D eigenvalue weighted by atomic mass is 10.2.